The standard InChI is InChI=1S/C21H22N4O4S/c1-4-29-16-10-7-14(11-17(16)28-3)12-22-18(26)20-24-25-21(30-20)19(27)23-15-8-5-13(2)6-9-15/h5-11H,4,12H2,1-3H3,(H,22,26)(H,23,27). The highest BCUT2D eigenvalue weighted by Gasteiger charge is 2.18. The van der Waals surface area contributed by atoms with Gasteiger partial charge in [0.2, 0.25) is 10.0 Å². The van der Waals surface area contributed by atoms with E-state index in [4.69, 9.17) is 9.47 Å². The summed E-state index contributed by atoms with van der Waals surface area (Å²) in [5.41, 5.74) is 2.58. The van der Waals surface area contributed by atoms with Gasteiger partial charge in [-0.25, -0.2) is 0 Å². The summed E-state index contributed by atoms with van der Waals surface area (Å²) in [6.45, 7) is 4.66. The zero-order valence-corrected chi connectivity index (χ0v) is 17.7. The smallest absolute Gasteiger partial charge is 0.286 e. The van der Waals surface area contributed by atoms with Gasteiger partial charge in [0.25, 0.3) is 11.8 Å². The fourth-order valence-corrected chi connectivity index (χ4v) is 3.24. The Bertz CT molecular complexity index is 1030. The average Bonchev–Trinajstić information content (AvgIpc) is 3.25. The van der Waals surface area contributed by atoms with Crippen molar-refractivity contribution < 1.29 is 19.1 Å². The van der Waals surface area contributed by atoms with E-state index in [1.165, 1.54) is 0 Å². The molecule has 2 amide bonds. The van der Waals surface area contributed by atoms with Crippen LogP contribution in [-0.2, 0) is 6.54 Å². The molecule has 2 aromatic carbocycles. The topological polar surface area (TPSA) is 102 Å². The van der Waals surface area contributed by atoms with Crippen molar-refractivity contribution in [3.05, 3.63) is 63.6 Å². The van der Waals surface area contributed by atoms with Crippen LogP contribution in [0.1, 0.15) is 37.7 Å². The van der Waals surface area contributed by atoms with Gasteiger partial charge in [-0.05, 0) is 43.7 Å². The number of methoxy groups -OCH3 is 1. The molecule has 0 aliphatic carbocycles. The lowest BCUT2D eigenvalue weighted by molar-refractivity contribution is 0.0948. The van der Waals surface area contributed by atoms with Crippen LogP contribution in [-0.4, -0.2) is 35.7 Å². The molecule has 8 nitrogen and oxygen atoms in total. The van der Waals surface area contributed by atoms with Crippen molar-refractivity contribution in [2.24, 2.45) is 0 Å². The minimum atomic E-state index is -0.411. The van der Waals surface area contributed by atoms with Crippen molar-refractivity contribution >= 4 is 28.8 Å². The SMILES string of the molecule is CCOc1ccc(CNC(=O)c2nnc(C(=O)Nc3ccc(C)cc3)s2)cc1OC. The Hall–Kier alpha value is -3.46. The highest BCUT2D eigenvalue weighted by atomic mass is 32.1. The van der Waals surface area contributed by atoms with Gasteiger partial charge in [-0.2, -0.15) is 0 Å². The van der Waals surface area contributed by atoms with E-state index < -0.39 is 11.8 Å². The number of ether oxygens (including phenoxy) is 2. The molecule has 0 spiro atoms. The minimum Gasteiger partial charge on any atom is -0.493 e. The van der Waals surface area contributed by atoms with Crippen molar-refractivity contribution in [2.75, 3.05) is 19.0 Å². The number of benzene rings is 2. The number of nitrogens with zero attached hydrogens (tertiary/aromatic N) is 2. The van der Waals surface area contributed by atoms with E-state index in [0.29, 0.717) is 23.8 Å². The fourth-order valence-electron chi connectivity index (χ4n) is 2.58. The van der Waals surface area contributed by atoms with Gasteiger partial charge in [0.15, 0.2) is 11.5 Å². The second-order valence-corrected chi connectivity index (χ2v) is 7.31. The highest BCUT2D eigenvalue weighted by Crippen LogP contribution is 2.28. The molecule has 1 aromatic heterocycles. The molecule has 1 heterocycles. The second kappa shape index (κ2) is 9.84. The summed E-state index contributed by atoms with van der Waals surface area (Å²) in [4.78, 5) is 24.7. The molecule has 156 valence electrons. The van der Waals surface area contributed by atoms with Crippen LogP contribution >= 0.6 is 11.3 Å². The van der Waals surface area contributed by atoms with E-state index in [-0.39, 0.29) is 16.6 Å². The molecule has 0 unspecified atom stereocenters. The fraction of sp³-hybridized carbons (Fsp3) is 0.238. The van der Waals surface area contributed by atoms with Crippen molar-refractivity contribution in [1.82, 2.24) is 15.5 Å². The van der Waals surface area contributed by atoms with E-state index in [1.54, 1.807) is 31.4 Å². The molecule has 0 saturated carbocycles. The number of anilines is 1. The van der Waals surface area contributed by atoms with Crippen LogP contribution in [0.2, 0.25) is 0 Å². The molecule has 0 atom stereocenters. The molecule has 0 radical (unpaired) electrons. The first-order valence-corrected chi connectivity index (χ1v) is 10.1. The van der Waals surface area contributed by atoms with E-state index in [9.17, 15) is 9.59 Å². The van der Waals surface area contributed by atoms with Crippen LogP contribution in [0.5, 0.6) is 11.5 Å². The number of carbonyl (C=O) groups excluding carboxylic acids is 2. The Balaban J connectivity index is 1.59. The van der Waals surface area contributed by atoms with Crippen molar-refractivity contribution in [2.45, 2.75) is 20.4 Å². The molecule has 0 bridgehead atoms. The van der Waals surface area contributed by atoms with Gasteiger partial charge in [-0.3, -0.25) is 9.59 Å². The molecular formula is C21H22N4O4S. The average molecular weight is 426 g/mol. The van der Waals surface area contributed by atoms with Crippen LogP contribution in [0.4, 0.5) is 5.69 Å². The molecule has 3 rings (SSSR count). The Labute approximate surface area is 178 Å². The molecule has 0 aliphatic heterocycles. The zero-order valence-electron chi connectivity index (χ0n) is 16.9. The summed E-state index contributed by atoms with van der Waals surface area (Å²) < 4.78 is 10.8. The zero-order chi connectivity index (χ0) is 21.5. The molecule has 30 heavy (non-hydrogen) atoms. The van der Waals surface area contributed by atoms with Gasteiger partial charge in [0.1, 0.15) is 0 Å². The number of aromatic nitrogens is 2. The Kier molecular flexibility index (Phi) is 6.97. The maximum atomic E-state index is 12.4. The number of hydrogen-bond acceptors (Lipinski definition) is 7. The predicted molar refractivity (Wildman–Crippen MR) is 114 cm³/mol. The number of nitrogens with one attached hydrogen (secondary N) is 2. The molecule has 0 saturated heterocycles. The van der Waals surface area contributed by atoms with Crippen molar-refractivity contribution in [3.63, 3.8) is 0 Å². The van der Waals surface area contributed by atoms with Crippen LogP contribution in [0, 0.1) is 6.92 Å². The van der Waals surface area contributed by atoms with Crippen molar-refractivity contribution in [3.8, 4) is 11.5 Å². The minimum absolute atomic E-state index is 0.113. The van der Waals surface area contributed by atoms with Crippen molar-refractivity contribution in [1.29, 1.82) is 0 Å². The third kappa shape index (κ3) is 5.32. The second-order valence-electron chi connectivity index (χ2n) is 6.33. The number of hydrogen-bond donors (Lipinski definition) is 2. The molecule has 9 heteroatoms. The Morgan fingerprint density at radius 3 is 2.37 bits per heavy atom. The first-order valence-electron chi connectivity index (χ1n) is 9.29. The van der Waals surface area contributed by atoms with E-state index in [1.807, 2.05) is 32.0 Å². The summed E-state index contributed by atoms with van der Waals surface area (Å²) in [6, 6.07) is 12.8. The monoisotopic (exact) mass is 426 g/mol. The van der Waals surface area contributed by atoms with Gasteiger partial charge in [0.05, 0.1) is 13.7 Å². The van der Waals surface area contributed by atoms with E-state index >= 15 is 0 Å². The van der Waals surface area contributed by atoms with E-state index in [2.05, 4.69) is 20.8 Å². The first kappa shape index (κ1) is 21.3. The van der Waals surface area contributed by atoms with Crippen LogP contribution in [0.15, 0.2) is 42.5 Å². The van der Waals surface area contributed by atoms with Gasteiger partial charge in [0, 0.05) is 12.2 Å². The normalized spacial score (nSPS) is 10.4. The summed E-state index contributed by atoms with van der Waals surface area (Å²) in [6.07, 6.45) is 0. The predicted octanol–water partition coefficient (Wildman–Crippen LogP) is 3.44. The Morgan fingerprint density at radius 1 is 1.00 bits per heavy atom. The maximum absolute atomic E-state index is 12.4. The third-order valence-electron chi connectivity index (χ3n) is 4.10. The summed E-state index contributed by atoms with van der Waals surface area (Å²) in [5, 5.41) is 13.4. The van der Waals surface area contributed by atoms with Crippen LogP contribution < -0.4 is 20.1 Å². The summed E-state index contributed by atoms with van der Waals surface area (Å²) in [7, 11) is 1.56. The largest absolute Gasteiger partial charge is 0.493 e. The quantitative estimate of drug-likeness (QED) is 0.572. The molecule has 3 aromatic rings. The summed E-state index contributed by atoms with van der Waals surface area (Å²) >= 11 is 0.932. The number of amides is 2. The molecule has 0 fully saturated rings. The lowest BCUT2D eigenvalue weighted by Gasteiger charge is -2.11. The van der Waals surface area contributed by atoms with Gasteiger partial charge >= 0.3 is 0 Å². The number of aryl methyl sites for hydroxylation is 1. The van der Waals surface area contributed by atoms with Gasteiger partial charge in [-0.15, -0.1) is 10.2 Å². The number of rotatable bonds is 8. The summed E-state index contributed by atoms with van der Waals surface area (Å²) in [5.74, 6) is 0.416. The van der Waals surface area contributed by atoms with Crippen LogP contribution in [0.3, 0.4) is 0 Å². The maximum Gasteiger partial charge on any atom is 0.286 e. The highest BCUT2D eigenvalue weighted by molar-refractivity contribution is 7.15. The lowest BCUT2D eigenvalue weighted by atomic mass is 10.2. The van der Waals surface area contributed by atoms with Gasteiger partial charge < -0.3 is 20.1 Å². The van der Waals surface area contributed by atoms with E-state index in [0.717, 1.165) is 22.5 Å². The number of carbonyl (C=O) groups is 2. The molecule has 2 N–H and O–H groups in total. The molecular weight excluding hydrogens is 404 g/mol. The Morgan fingerprint density at radius 2 is 1.70 bits per heavy atom. The van der Waals surface area contributed by atoms with Crippen LogP contribution in [0.25, 0.3) is 0 Å². The first-order chi connectivity index (χ1) is 14.5. The third-order valence-corrected chi connectivity index (χ3v) is 5.02. The lowest BCUT2D eigenvalue weighted by Crippen LogP contribution is -2.22. The van der Waals surface area contributed by atoms with Gasteiger partial charge in [-0.1, -0.05) is 35.1 Å². The molecule has 0 aliphatic rings.